The van der Waals surface area contributed by atoms with Crippen molar-refractivity contribution in [1.82, 2.24) is 5.06 Å². The molecule has 0 aliphatic carbocycles. The first kappa shape index (κ1) is 31.9. The van der Waals surface area contributed by atoms with Crippen molar-refractivity contribution in [1.29, 1.82) is 0 Å². The predicted molar refractivity (Wildman–Crippen MR) is 166 cm³/mol. The van der Waals surface area contributed by atoms with E-state index < -0.39 is 11.8 Å². The lowest BCUT2D eigenvalue weighted by Crippen LogP contribution is -2.45. The lowest BCUT2D eigenvalue weighted by molar-refractivity contribution is -0.179. The zero-order valence-corrected chi connectivity index (χ0v) is 25.9. The van der Waals surface area contributed by atoms with Crippen molar-refractivity contribution < 1.29 is 28.6 Å². The molecule has 1 aliphatic rings. The highest BCUT2D eigenvalue weighted by atomic mass is 32.2. The minimum absolute atomic E-state index is 0.143. The number of nitrogens with zero attached hydrogens (tertiary/aromatic N) is 1. The van der Waals surface area contributed by atoms with Crippen LogP contribution in [-0.2, 0) is 32.1 Å². The molecule has 0 saturated carbocycles. The molecule has 42 heavy (non-hydrogen) atoms. The molecule has 2 atom stereocenters. The molecule has 3 aromatic rings. The van der Waals surface area contributed by atoms with Gasteiger partial charge in [0.25, 0.3) is 0 Å². The second-order valence-corrected chi connectivity index (χ2v) is 12.2. The van der Waals surface area contributed by atoms with Gasteiger partial charge in [0.15, 0.2) is 0 Å². The summed E-state index contributed by atoms with van der Waals surface area (Å²) in [5.41, 5.74) is 2.92. The highest BCUT2D eigenvalue weighted by molar-refractivity contribution is 7.98. The molecule has 0 amide bonds. The van der Waals surface area contributed by atoms with Crippen LogP contribution in [0.4, 0.5) is 4.79 Å². The van der Waals surface area contributed by atoms with Gasteiger partial charge in [-0.25, -0.2) is 4.79 Å². The monoisotopic (exact) mass is 593 g/mol. The van der Waals surface area contributed by atoms with Crippen molar-refractivity contribution in [3.63, 3.8) is 0 Å². The third-order valence-electron chi connectivity index (χ3n) is 6.92. The second kappa shape index (κ2) is 16.0. The van der Waals surface area contributed by atoms with Crippen LogP contribution in [0.5, 0.6) is 5.75 Å². The van der Waals surface area contributed by atoms with Crippen molar-refractivity contribution in [3.8, 4) is 5.75 Å². The Hall–Kier alpha value is -3.04. The molecule has 1 saturated heterocycles. The van der Waals surface area contributed by atoms with E-state index in [1.807, 2.05) is 51.1 Å². The van der Waals surface area contributed by atoms with Gasteiger partial charge in [-0.3, -0.25) is 0 Å². The summed E-state index contributed by atoms with van der Waals surface area (Å²) in [5.74, 6) is 0.951. The van der Waals surface area contributed by atoms with Gasteiger partial charge in [-0.2, -0.15) is 0 Å². The van der Waals surface area contributed by atoms with E-state index in [1.54, 1.807) is 16.8 Å². The molecule has 0 aromatic heterocycles. The Morgan fingerprint density at radius 2 is 1.64 bits per heavy atom. The Morgan fingerprint density at radius 1 is 0.905 bits per heavy atom. The maximum absolute atomic E-state index is 12.3. The molecule has 1 fully saturated rings. The first-order valence-corrected chi connectivity index (χ1v) is 15.8. The third kappa shape index (κ3) is 10.7. The Bertz CT molecular complexity index is 1210. The van der Waals surface area contributed by atoms with Gasteiger partial charge in [0.1, 0.15) is 18.0 Å². The molecule has 226 valence electrons. The van der Waals surface area contributed by atoms with Gasteiger partial charge in [0.2, 0.25) is 0 Å². The highest BCUT2D eigenvalue weighted by Crippen LogP contribution is 2.32. The van der Waals surface area contributed by atoms with E-state index >= 15 is 0 Å². The van der Waals surface area contributed by atoms with Crippen molar-refractivity contribution in [3.05, 3.63) is 95.6 Å². The Morgan fingerprint density at radius 3 is 2.33 bits per heavy atom. The first-order valence-electron chi connectivity index (χ1n) is 14.5. The van der Waals surface area contributed by atoms with Crippen LogP contribution in [0.2, 0.25) is 0 Å². The lowest BCUT2D eigenvalue weighted by Gasteiger charge is -2.37. The van der Waals surface area contributed by atoms with Crippen LogP contribution in [0.3, 0.4) is 0 Å². The van der Waals surface area contributed by atoms with Crippen LogP contribution < -0.4 is 4.74 Å². The van der Waals surface area contributed by atoms with Crippen LogP contribution in [0, 0.1) is 0 Å². The topological polar surface area (TPSA) is 66.5 Å². The molecule has 0 radical (unpaired) electrons. The van der Waals surface area contributed by atoms with E-state index in [9.17, 15) is 4.79 Å². The van der Waals surface area contributed by atoms with E-state index in [-0.39, 0.29) is 12.0 Å². The number of rotatable bonds is 13. The van der Waals surface area contributed by atoms with E-state index in [4.69, 9.17) is 23.8 Å². The molecule has 4 rings (SSSR count). The van der Waals surface area contributed by atoms with Gasteiger partial charge in [0.05, 0.1) is 32.5 Å². The highest BCUT2D eigenvalue weighted by Gasteiger charge is 2.34. The largest absolute Gasteiger partial charge is 0.528 e. The van der Waals surface area contributed by atoms with Gasteiger partial charge in [-0.05, 0) is 80.8 Å². The number of hydrogen-bond acceptors (Lipinski definition) is 8. The summed E-state index contributed by atoms with van der Waals surface area (Å²) in [7, 11) is 0. The van der Waals surface area contributed by atoms with Gasteiger partial charge in [-0.15, -0.1) is 16.8 Å². The first-order chi connectivity index (χ1) is 20.3. The number of piperidine rings is 1. The molecular weight excluding hydrogens is 550 g/mol. The Kier molecular flexibility index (Phi) is 12.1. The van der Waals surface area contributed by atoms with Gasteiger partial charge in [0, 0.05) is 17.4 Å². The molecule has 0 bridgehead atoms. The molecule has 1 aliphatic heterocycles. The SMILES string of the molecule is CSc1ccc(COC2CN(OC(=O)OC(C)(C)C)CCC2c2ccc(OCCOCCc3ccccc3)cc2)cc1. The molecule has 3 aromatic carbocycles. The van der Waals surface area contributed by atoms with Crippen LogP contribution in [0.25, 0.3) is 0 Å². The van der Waals surface area contributed by atoms with Crippen LogP contribution in [0.15, 0.2) is 83.8 Å². The summed E-state index contributed by atoms with van der Waals surface area (Å²) in [6, 6.07) is 26.9. The minimum Gasteiger partial charge on any atom is -0.491 e. The smallest absolute Gasteiger partial charge is 0.491 e. The van der Waals surface area contributed by atoms with Gasteiger partial charge < -0.3 is 23.8 Å². The summed E-state index contributed by atoms with van der Waals surface area (Å²) >= 11 is 1.71. The number of ether oxygens (including phenoxy) is 4. The molecular formula is C34H43NO6S. The maximum Gasteiger partial charge on any atom is 0.528 e. The number of benzene rings is 3. The maximum atomic E-state index is 12.3. The van der Waals surface area contributed by atoms with E-state index in [2.05, 4.69) is 54.8 Å². The normalized spacial score (nSPS) is 17.5. The van der Waals surface area contributed by atoms with Gasteiger partial charge >= 0.3 is 6.16 Å². The van der Waals surface area contributed by atoms with Crippen molar-refractivity contribution >= 4 is 17.9 Å². The van der Waals surface area contributed by atoms with Crippen LogP contribution in [0.1, 0.15) is 49.8 Å². The summed E-state index contributed by atoms with van der Waals surface area (Å²) in [6.45, 7) is 8.68. The average molecular weight is 594 g/mol. The summed E-state index contributed by atoms with van der Waals surface area (Å²) in [6.07, 6.45) is 2.86. The van der Waals surface area contributed by atoms with E-state index in [0.717, 1.165) is 24.2 Å². The Balaban J connectivity index is 1.31. The summed E-state index contributed by atoms with van der Waals surface area (Å²) in [4.78, 5) is 19.1. The Labute approximate surface area is 254 Å². The quantitative estimate of drug-likeness (QED) is 0.116. The molecule has 7 nitrogen and oxygen atoms in total. The number of carbonyl (C=O) groups excluding carboxylic acids is 1. The third-order valence-corrected chi connectivity index (χ3v) is 7.66. The number of hydrogen-bond donors (Lipinski definition) is 0. The fraction of sp³-hybridized carbons (Fsp3) is 0.441. The zero-order chi connectivity index (χ0) is 29.8. The second-order valence-electron chi connectivity index (χ2n) is 11.3. The van der Waals surface area contributed by atoms with Crippen LogP contribution in [-0.4, -0.2) is 62.1 Å². The van der Waals surface area contributed by atoms with E-state index in [1.165, 1.54) is 16.0 Å². The van der Waals surface area contributed by atoms with E-state index in [0.29, 0.717) is 39.5 Å². The van der Waals surface area contributed by atoms with Gasteiger partial charge in [-0.1, -0.05) is 54.6 Å². The number of hydroxylamine groups is 2. The number of carbonyl (C=O) groups is 1. The minimum atomic E-state index is -0.696. The molecule has 8 heteroatoms. The summed E-state index contributed by atoms with van der Waals surface area (Å²) < 4.78 is 23.5. The summed E-state index contributed by atoms with van der Waals surface area (Å²) in [5, 5.41) is 1.65. The van der Waals surface area contributed by atoms with Crippen molar-refractivity contribution in [2.45, 2.75) is 62.7 Å². The molecule has 1 heterocycles. The fourth-order valence-electron chi connectivity index (χ4n) is 4.79. The molecule has 0 spiro atoms. The molecule has 2 unspecified atom stereocenters. The lowest BCUT2D eigenvalue weighted by atomic mass is 9.87. The van der Waals surface area contributed by atoms with Crippen LogP contribution >= 0.6 is 11.8 Å². The standard InChI is InChI=1S/C34H43NO6S/c1-34(2,3)40-33(36)41-35-20-18-31(32(24-35)39-25-27-10-16-30(42-4)17-11-27)28-12-14-29(15-13-28)38-23-22-37-21-19-26-8-6-5-7-9-26/h5-17,31-32H,18-25H2,1-4H3. The number of thioether (sulfide) groups is 1. The molecule has 0 N–H and O–H groups in total. The van der Waals surface area contributed by atoms with Crippen molar-refractivity contribution in [2.75, 3.05) is 39.2 Å². The zero-order valence-electron chi connectivity index (χ0n) is 25.1. The average Bonchev–Trinajstić information content (AvgIpc) is 2.98. The predicted octanol–water partition coefficient (Wildman–Crippen LogP) is 7.29. The van der Waals surface area contributed by atoms with Crippen molar-refractivity contribution in [2.24, 2.45) is 0 Å². The fourth-order valence-corrected chi connectivity index (χ4v) is 5.20.